The van der Waals surface area contributed by atoms with Gasteiger partial charge < -0.3 is 0 Å². The zero-order valence-electron chi connectivity index (χ0n) is 6.40. The maximum atomic E-state index is 2.42. The molecule has 11 heavy (non-hydrogen) atoms. The standard InChI is InChI=1S/C9H10I2/c1-7-2-3-8(5-10)9(4-7)6-11/h2-4H,5-6H2,1H3. The van der Waals surface area contributed by atoms with Gasteiger partial charge in [-0.1, -0.05) is 68.9 Å². The highest BCUT2D eigenvalue weighted by molar-refractivity contribution is 14.1. The van der Waals surface area contributed by atoms with Crippen LogP contribution >= 0.6 is 45.2 Å². The van der Waals surface area contributed by atoms with Crippen LogP contribution in [0, 0.1) is 6.92 Å². The number of alkyl halides is 2. The second-order valence-electron chi connectivity index (χ2n) is 2.54. The molecule has 2 heteroatoms. The first-order chi connectivity index (χ1) is 5.27. The van der Waals surface area contributed by atoms with Crippen LogP contribution in [0.1, 0.15) is 16.7 Å². The molecule has 0 atom stereocenters. The molecule has 0 N–H and O–H groups in total. The van der Waals surface area contributed by atoms with Gasteiger partial charge in [0.15, 0.2) is 0 Å². The first-order valence-electron chi connectivity index (χ1n) is 3.48. The molecule has 0 aliphatic heterocycles. The van der Waals surface area contributed by atoms with Gasteiger partial charge in [0, 0.05) is 8.86 Å². The second kappa shape index (κ2) is 4.64. The predicted molar refractivity (Wildman–Crippen MR) is 66.6 cm³/mol. The molecule has 1 rings (SSSR count). The third-order valence-electron chi connectivity index (χ3n) is 1.65. The van der Waals surface area contributed by atoms with Gasteiger partial charge in [-0.05, 0) is 18.1 Å². The summed E-state index contributed by atoms with van der Waals surface area (Å²) in [7, 11) is 0. The van der Waals surface area contributed by atoms with Crippen LogP contribution in [0.5, 0.6) is 0 Å². The minimum atomic E-state index is 1.12. The fourth-order valence-electron chi connectivity index (χ4n) is 1.01. The van der Waals surface area contributed by atoms with E-state index in [1.165, 1.54) is 16.7 Å². The van der Waals surface area contributed by atoms with Gasteiger partial charge in [-0.25, -0.2) is 0 Å². The molecule has 60 valence electrons. The Labute approximate surface area is 95.0 Å². The third-order valence-corrected chi connectivity index (χ3v) is 3.29. The van der Waals surface area contributed by atoms with Crippen LogP contribution in [0.25, 0.3) is 0 Å². The predicted octanol–water partition coefficient (Wildman–Crippen LogP) is 3.87. The lowest BCUT2D eigenvalue weighted by Gasteiger charge is -2.04. The Kier molecular flexibility index (Phi) is 4.12. The SMILES string of the molecule is Cc1ccc(CI)c(CI)c1. The normalized spacial score (nSPS) is 10.1. The molecule has 0 unspecified atom stereocenters. The molecule has 0 bridgehead atoms. The van der Waals surface area contributed by atoms with Crippen molar-refractivity contribution in [3.05, 3.63) is 34.9 Å². The highest BCUT2D eigenvalue weighted by Crippen LogP contribution is 2.17. The molecular formula is C9H10I2. The van der Waals surface area contributed by atoms with Gasteiger partial charge in [0.1, 0.15) is 0 Å². The molecule has 0 aliphatic rings. The third kappa shape index (κ3) is 2.57. The zero-order chi connectivity index (χ0) is 8.27. The van der Waals surface area contributed by atoms with Crippen LogP contribution < -0.4 is 0 Å². The fraction of sp³-hybridized carbons (Fsp3) is 0.333. The van der Waals surface area contributed by atoms with Crippen molar-refractivity contribution < 1.29 is 0 Å². The molecule has 0 fully saturated rings. The Morgan fingerprint density at radius 1 is 1.09 bits per heavy atom. The van der Waals surface area contributed by atoms with Gasteiger partial charge >= 0.3 is 0 Å². The molecule has 0 spiro atoms. The largest absolute Gasteiger partial charge is 0.0812 e. The highest BCUT2D eigenvalue weighted by atomic mass is 127. The Balaban J connectivity index is 3.06. The minimum Gasteiger partial charge on any atom is -0.0812 e. The van der Waals surface area contributed by atoms with Gasteiger partial charge in [-0.3, -0.25) is 0 Å². The fourth-order valence-corrected chi connectivity index (χ4v) is 2.46. The van der Waals surface area contributed by atoms with Crippen LogP contribution in [-0.2, 0) is 8.86 Å². The van der Waals surface area contributed by atoms with Crippen LogP contribution in [0.2, 0.25) is 0 Å². The lowest BCUT2D eigenvalue weighted by Crippen LogP contribution is -1.87. The van der Waals surface area contributed by atoms with Crippen molar-refractivity contribution in [1.82, 2.24) is 0 Å². The number of hydrogen-bond acceptors (Lipinski definition) is 0. The van der Waals surface area contributed by atoms with Crippen molar-refractivity contribution in [3.63, 3.8) is 0 Å². The number of halogens is 2. The molecule has 0 heterocycles. The van der Waals surface area contributed by atoms with Crippen molar-refractivity contribution in [2.75, 3.05) is 0 Å². The molecule has 0 saturated carbocycles. The summed E-state index contributed by atoms with van der Waals surface area (Å²) in [5, 5.41) is 0. The van der Waals surface area contributed by atoms with Crippen LogP contribution in [0.4, 0.5) is 0 Å². The maximum absolute atomic E-state index is 2.42. The van der Waals surface area contributed by atoms with Crippen molar-refractivity contribution >= 4 is 45.2 Å². The number of hydrogen-bond donors (Lipinski definition) is 0. The van der Waals surface area contributed by atoms with Gasteiger partial charge in [0.25, 0.3) is 0 Å². The van der Waals surface area contributed by atoms with E-state index >= 15 is 0 Å². The Hall–Kier alpha value is 0.680. The molecule has 0 nitrogen and oxygen atoms in total. The summed E-state index contributed by atoms with van der Waals surface area (Å²) in [5.74, 6) is 0. The van der Waals surface area contributed by atoms with Crippen LogP contribution in [0.15, 0.2) is 18.2 Å². The maximum Gasteiger partial charge on any atom is 0.0250 e. The summed E-state index contributed by atoms with van der Waals surface area (Å²) in [4.78, 5) is 0. The Morgan fingerprint density at radius 2 is 1.73 bits per heavy atom. The van der Waals surface area contributed by atoms with Crippen LogP contribution in [0.3, 0.4) is 0 Å². The average Bonchev–Trinajstić information content (AvgIpc) is 2.04. The summed E-state index contributed by atoms with van der Waals surface area (Å²) >= 11 is 4.83. The quantitative estimate of drug-likeness (QED) is 0.547. The van der Waals surface area contributed by atoms with E-state index in [0.717, 1.165) is 8.86 Å². The first kappa shape index (κ1) is 9.77. The molecule has 1 aromatic carbocycles. The molecule has 0 aliphatic carbocycles. The van der Waals surface area contributed by atoms with E-state index in [0.29, 0.717) is 0 Å². The van der Waals surface area contributed by atoms with E-state index in [1.54, 1.807) is 0 Å². The van der Waals surface area contributed by atoms with Gasteiger partial charge in [-0.15, -0.1) is 0 Å². The molecular weight excluding hydrogens is 362 g/mol. The van der Waals surface area contributed by atoms with Crippen molar-refractivity contribution in [2.24, 2.45) is 0 Å². The topological polar surface area (TPSA) is 0 Å². The number of aryl methyl sites for hydroxylation is 1. The number of rotatable bonds is 2. The summed E-state index contributed by atoms with van der Waals surface area (Å²) < 4.78 is 2.24. The first-order valence-corrected chi connectivity index (χ1v) is 6.53. The van der Waals surface area contributed by atoms with E-state index in [-0.39, 0.29) is 0 Å². The van der Waals surface area contributed by atoms with E-state index in [2.05, 4.69) is 70.3 Å². The monoisotopic (exact) mass is 372 g/mol. The van der Waals surface area contributed by atoms with E-state index in [1.807, 2.05) is 0 Å². The smallest absolute Gasteiger partial charge is 0.0250 e. The molecule has 0 saturated heterocycles. The lowest BCUT2D eigenvalue weighted by atomic mass is 10.1. The lowest BCUT2D eigenvalue weighted by molar-refractivity contribution is 1.29. The van der Waals surface area contributed by atoms with Crippen molar-refractivity contribution in [3.8, 4) is 0 Å². The van der Waals surface area contributed by atoms with Crippen molar-refractivity contribution in [1.29, 1.82) is 0 Å². The Bertz CT molecular complexity index is 243. The minimum absolute atomic E-state index is 1.12. The van der Waals surface area contributed by atoms with E-state index < -0.39 is 0 Å². The molecule has 0 amide bonds. The van der Waals surface area contributed by atoms with Gasteiger partial charge in [0.05, 0.1) is 0 Å². The Morgan fingerprint density at radius 3 is 2.27 bits per heavy atom. The van der Waals surface area contributed by atoms with Crippen LogP contribution in [-0.4, -0.2) is 0 Å². The summed E-state index contributed by atoms with van der Waals surface area (Å²) in [6, 6.07) is 6.69. The second-order valence-corrected chi connectivity index (χ2v) is 4.07. The summed E-state index contributed by atoms with van der Waals surface area (Å²) in [6.07, 6.45) is 0. The molecule has 0 aromatic heterocycles. The van der Waals surface area contributed by atoms with Crippen molar-refractivity contribution in [2.45, 2.75) is 15.8 Å². The zero-order valence-corrected chi connectivity index (χ0v) is 10.7. The molecule has 0 radical (unpaired) electrons. The summed E-state index contributed by atoms with van der Waals surface area (Å²) in [5.41, 5.74) is 4.33. The van der Waals surface area contributed by atoms with E-state index in [4.69, 9.17) is 0 Å². The van der Waals surface area contributed by atoms with E-state index in [9.17, 15) is 0 Å². The molecule has 1 aromatic rings. The summed E-state index contributed by atoms with van der Waals surface area (Å²) in [6.45, 7) is 2.15. The highest BCUT2D eigenvalue weighted by Gasteiger charge is 1.98. The number of benzene rings is 1. The van der Waals surface area contributed by atoms with Gasteiger partial charge in [-0.2, -0.15) is 0 Å². The van der Waals surface area contributed by atoms with Gasteiger partial charge in [0.2, 0.25) is 0 Å². The average molecular weight is 372 g/mol.